The summed E-state index contributed by atoms with van der Waals surface area (Å²) in [6.45, 7) is 2.85. The van der Waals surface area contributed by atoms with E-state index in [1.54, 1.807) is 0 Å². The second kappa shape index (κ2) is 13.2. The zero-order valence-electron chi connectivity index (χ0n) is 18.8. The van der Waals surface area contributed by atoms with Crippen molar-refractivity contribution >= 4 is 11.6 Å². The number of aliphatic hydroxyl groups is 1. The predicted molar refractivity (Wildman–Crippen MR) is 131 cm³/mol. The minimum Gasteiger partial charge on any atom is -0.512 e. The van der Waals surface area contributed by atoms with Gasteiger partial charge in [0.05, 0.1) is 5.76 Å². The third-order valence-electron chi connectivity index (χ3n) is 4.68. The third-order valence-corrected chi connectivity index (χ3v) is 4.68. The number of aromatic nitrogens is 1. The number of hydrogen-bond acceptors (Lipinski definition) is 4. The van der Waals surface area contributed by atoms with E-state index in [4.69, 9.17) is 5.11 Å². The van der Waals surface area contributed by atoms with Crippen molar-refractivity contribution in [2.24, 2.45) is 0 Å². The van der Waals surface area contributed by atoms with Crippen molar-refractivity contribution < 1.29 is 35.8 Å². The average Bonchev–Trinajstić information content (AvgIpc) is 2.84. The molecule has 4 nitrogen and oxygen atoms in total. The van der Waals surface area contributed by atoms with Gasteiger partial charge in [-0.3, -0.25) is 9.59 Å². The van der Waals surface area contributed by atoms with E-state index in [-0.39, 0.29) is 38.4 Å². The minimum atomic E-state index is -0.125. The Hall–Kier alpha value is -3.62. The van der Waals surface area contributed by atoms with E-state index in [0.29, 0.717) is 11.1 Å². The Morgan fingerprint density at radius 3 is 1.91 bits per heavy atom. The summed E-state index contributed by atoms with van der Waals surface area (Å²) in [6.07, 6.45) is 3.02. The van der Waals surface area contributed by atoms with Crippen molar-refractivity contribution in [3.8, 4) is 22.4 Å². The molecule has 0 aliphatic carbocycles. The number of aliphatic hydroxyl groups excluding tert-OH is 1. The first-order valence-electron chi connectivity index (χ1n) is 10.4. The molecule has 0 unspecified atom stereocenters. The number of allylic oxidation sites excluding steroid dienone is 2. The number of nitrogens with zero attached hydrogens (tertiary/aromatic N) is 1. The Kier molecular flexibility index (Phi) is 10.3. The van der Waals surface area contributed by atoms with Crippen molar-refractivity contribution in [3.63, 3.8) is 0 Å². The van der Waals surface area contributed by atoms with Crippen molar-refractivity contribution in [2.45, 2.75) is 13.8 Å². The molecule has 0 fully saturated rings. The van der Waals surface area contributed by atoms with Crippen LogP contribution in [0.4, 0.5) is 0 Å². The monoisotopic (exact) mass is 629 g/mol. The molecule has 4 rings (SSSR count). The molecule has 1 aromatic heterocycles. The van der Waals surface area contributed by atoms with E-state index in [0.717, 1.165) is 22.4 Å². The second-order valence-electron chi connectivity index (χ2n) is 7.38. The van der Waals surface area contributed by atoms with E-state index < -0.39 is 0 Å². The first kappa shape index (κ1) is 26.6. The molecule has 0 radical (unpaired) electrons. The summed E-state index contributed by atoms with van der Waals surface area (Å²) in [7, 11) is 0. The molecule has 5 heteroatoms. The zero-order valence-corrected chi connectivity index (χ0v) is 21.1. The number of ketones is 2. The summed E-state index contributed by atoms with van der Waals surface area (Å²) in [4.78, 5) is 27.0. The molecule has 1 heterocycles. The zero-order chi connectivity index (χ0) is 23.6. The van der Waals surface area contributed by atoms with Gasteiger partial charge in [0.1, 0.15) is 0 Å². The summed E-state index contributed by atoms with van der Waals surface area (Å²) in [5, 5.41) is 8.36. The average molecular weight is 630 g/mol. The molecule has 174 valence electrons. The van der Waals surface area contributed by atoms with Crippen LogP contribution in [0.25, 0.3) is 22.4 Å². The Morgan fingerprint density at radius 2 is 1.41 bits per heavy atom. The van der Waals surface area contributed by atoms with Gasteiger partial charge in [-0.05, 0) is 30.7 Å². The molecule has 0 saturated carbocycles. The van der Waals surface area contributed by atoms with Gasteiger partial charge in [0, 0.05) is 44.5 Å². The summed E-state index contributed by atoms with van der Waals surface area (Å²) in [5.41, 5.74) is 5.30. The fourth-order valence-corrected chi connectivity index (χ4v) is 3.14. The maximum absolute atomic E-state index is 12.5. The van der Waals surface area contributed by atoms with Gasteiger partial charge in [-0.25, -0.2) is 0 Å². The number of carbonyl (C=O) groups excluding carboxylic acids is 2. The van der Waals surface area contributed by atoms with Crippen molar-refractivity contribution in [2.75, 3.05) is 0 Å². The molecular weight excluding hydrogens is 605 g/mol. The van der Waals surface area contributed by atoms with Crippen molar-refractivity contribution in [1.82, 2.24) is 4.98 Å². The number of benzene rings is 3. The van der Waals surface area contributed by atoms with Crippen LogP contribution in [0.2, 0.25) is 0 Å². The molecule has 0 aliphatic heterocycles. The van der Waals surface area contributed by atoms with Crippen LogP contribution < -0.4 is 0 Å². The second-order valence-corrected chi connectivity index (χ2v) is 7.38. The Balaban J connectivity index is 0.000000449. The van der Waals surface area contributed by atoms with E-state index in [1.165, 1.54) is 19.9 Å². The van der Waals surface area contributed by atoms with Gasteiger partial charge < -0.3 is 10.1 Å². The molecule has 0 saturated heterocycles. The molecular formula is C29H24NO3Pt-. The third kappa shape index (κ3) is 7.75. The SMILES string of the molecule is CC(=O)/C=C(/C)O.O=C(c1ccccc1)c1ccc(-c2ccc(-c3[c-]cccc3)nc2)cc1.[Pt]. The summed E-state index contributed by atoms with van der Waals surface area (Å²) in [5.74, 6) is -0.0299. The van der Waals surface area contributed by atoms with Crippen LogP contribution in [-0.2, 0) is 25.9 Å². The number of hydrogen-bond donors (Lipinski definition) is 1. The molecule has 3 aromatic carbocycles. The van der Waals surface area contributed by atoms with Crippen LogP contribution in [0.1, 0.15) is 29.8 Å². The summed E-state index contributed by atoms with van der Waals surface area (Å²) < 4.78 is 0. The van der Waals surface area contributed by atoms with Gasteiger partial charge in [-0.1, -0.05) is 66.7 Å². The van der Waals surface area contributed by atoms with Crippen LogP contribution in [0.3, 0.4) is 0 Å². The van der Waals surface area contributed by atoms with Crippen LogP contribution in [0, 0.1) is 6.07 Å². The Bertz CT molecular complexity index is 1230. The van der Waals surface area contributed by atoms with E-state index in [1.807, 2.05) is 97.2 Å². The quantitative estimate of drug-likeness (QED) is 0.119. The van der Waals surface area contributed by atoms with Gasteiger partial charge in [0.25, 0.3) is 0 Å². The Labute approximate surface area is 214 Å². The van der Waals surface area contributed by atoms with Gasteiger partial charge >= 0.3 is 0 Å². The topological polar surface area (TPSA) is 67.3 Å². The van der Waals surface area contributed by atoms with Crippen molar-refractivity contribution in [1.29, 1.82) is 0 Å². The largest absolute Gasteiger partial charge is 0.512 e. The molecule has 0 amide bonds. The molecule has 0 aliphatic rings. The number of carbonyl (C=O) groups is 2. The van der Waals surface area contributed by atoms with Crippen LogP contribution in [-0.4, -0.2) is 21.7 Å². The molecule has 4 aromatic rings. The van der Waals surface area contributed by atoms with E-state index in [9.17, 15) is 9.59 Å². The number of pyridine rings is 1. The molecule has 34 heavy (non-hydrogen) atoms. The molecule has 1 N–H and O–H groups in total. The van der Waals surface area contributed by atoms with Gasteiger partial charge in [0.15, 0.2) is 11.6 Å². The molecule has 0 bridgehead atoms. The van der Waals surface area contributed by atoms with Gasteiger partial charge in [-0.15, -0.1) is 35.9 Å². The van der Waals surface area contributed by atoms with Crippen molar-refractivity contribution in [3.05, 3.63) is 126 Å². The van der Waals surface area contributed by atoms with E-state index >= 15 is 0 Å². The fraction of sp³-hybridized carbons (Fsp3) is 0.0690. The molecule has 0 spiro atoms. The Morgan fingerprint density at radius 1 is 0.794 bits per heavy atom. The fourth-order valence-electron chi connectivity index (χ4n) is 3.14. The van der Waals surface area contributed by atoms with Crippen LogP contribution in [0.5, 0.6) is 0 Å². The summed E-state index contributed by atoms with van der Waals surface area (Å²) in [6, 6.07) is 32.0. The summed E-state index contributed by atoms with van der Waals surface area (Å²) >= 11 is 0. The minimum absolute atomic E-state index is 0. The van der Waals surface area contributed by atoms with Gasteiger partial charge in [-0.2, -0.15) is 0 Å². The first-order valence-corrected chi connectivity index (χ1v) is 10.4. The predicted octanol–water partition coefficient (Wildman–Crippen LogP) is 6.48. The standard InChI is InChI=1S/C24H16NO.C5H8O2.Pt/c26-24(20-9-5-2-6-10-20)21-13-11-18(12-14-21)22-15-16-23(25-17-22)19-7-3-1-4-8-19;1-4(6)3-5(2)7;/h1-7,9-17H;3,6H,1-2H3;/q-1;;/b;4-3-;. The number of rotatable bonds is 5. The van der Waals surface area contributed by atoms with E-state index in [2.05, 4.69) is 11.1 Å². The smallest absolute Gasteiger partial charge is 0.193 e. The molecule has 0 atom stereocenters. The maximum atomic E-state index is 12.5. The van der Waals surface area contributed by atoms with Crippen LogP contribution >= 0.6 is 0 Å². The normalized spacial score (nSPS) is 10.4. The maximum Gasteiger partial charge on any atom is 0.193 e. The van der Waals surface area contributed by atoms with Gasteiger partial charge in [0.2, 0.25) is 0 Å². The van der Waals surface area contributed by atoms with Crippen LogP contribution in [0.15, 0.2) is 109 Å². The first-order chi connectivity index (χ1) is 15.9.